The van der Waals surface area contributed by atoms with E-state index in [1.165, 1.54) is 18.5 Å². The van der Waals surface area contributed by atoms with Crippen LogP contribution in [0.5, 0.6) is 11.5 Å². The minimum Gasteiger partial charge on any atom is -0.872 e. The van der Waals surface area contributed by atoms with Gasteiger partial charge in [0.15, 0.2) is 0 Å². The van der Waals surface area contributed by atoms with Gasteiger partial charge in [-0.1, -0.05) is 127 Å². The van der Waals surface area contributed by atoms with Gasteiger partial charge < -0.3 is 25.2 Å². The van der Waals surface area contributed by atoms with Crippen molar-refractivity contribution in [2.75, 3.05) is 13.1 Å². The van der Waals surface area contributed by atoms with Crippen LogP contribution in [-0.4, -0.2) is 73.9 Å². The Bertz CT molecular complexity index is 1300. The average Bonchev–Trinajstić information content (AvgIpc) is 3.10. The van der Waals surface area contributed by atoms with Gasteiger partial charge in [-0.05, 0) is 35.9 Å². The second kappa shape index (κ2) is 29.6. The molecular formula is C38H35BiN2O6. The van der Waals surface area contributed by atoms with E-state index < -0.39 is 11.9 Å². The maximum absolute atomic E-state index is 11.1. The number of aliphatic carboxylic acids is 2. The molecule has 0 aromatic heterocycles. The first kappa shape index (κ1) is 41.9. The number of carboxylic acid groups (broad SMARTS) is 2. The zero-order chi connectivity index (χ0) is 33.5. The summed E-state index contributed by atoms with van der Waals surface area (Å²) in [5.74, 6) is -1.99. The van der Waals surface area contributed by atoms with Gasteiger partial charge in [0.2, 0.25) is 0 Å². The topological polar surface area (TPSA) is 145 Å². The molecule has 0 aliphatic rings. The number of carbonyl (C=O) groups is 2. The van der Waals surface area contributed by atoms with Gasteiger partial charge in [-0.2, -0.15) is 0 Å². The maximum atomic E-state index is 11.1. The molecule has 0 aliphatic carbocycles. The van der Waals surface area contributed by atoms with E-state index in [2.05, 4.69) is 28.2 Å². The molecule has 0 fully saturated rings. The molecule has 9 heteroatoms. The van der Waals surface area contributed by atoms with Crippen molar-refractivity contribution in [3.8, 4) is 11.5 Å². The van der Waals surface area contributed by atoms with Gasteiger partial charge in [0.25, 0.3) is 0 Å². The Morgan fingerprint density at radius 1 is 0.617 bits per heavy atom. The molecule has 5 aromatic carbocycles. The summed E-state index contributed by atoms with van der Waals surface area (Å²) in [7, 11) is 0. The molecule has 0 unspecified atom stereocenters. The van der Waals surface area contributed by atoms with E-state index >= 15 is 0 Å². The van der Waals surface area contributed by atoms with Gasteiger partial charge in [0.05, 0.1) is 6.42 Å². The van der Waals surface area contributed by atoms with Crippen molar-refractivity contribution in [3.63, 3.8) is 0 Å². The smallest absolute Gasteiger partial charge is 0.872 e. The summed E-state index contributed by atoms with van der Waals surface area (Å²) < 4.78 is 0. The van der Waals surface area contributed by atoms with Crippen LogP contribution in [0.1, 0.15) is 24.0 Å². The molecule has 0 aliphatic heterocycles. The number of phenols is 1. The zero-order valence-electron chi connectivity index (χ0n) is 25.6. The third-order valence-electron chi connectivity index (χ3n) is 5.04. The first-order valence-electron chi connectivity index (χ1n) is 14.1. The fourth-order valence-electron chi connectivity index (χ4n) is 2.85. The number of phenolic OH excluding ortho intramolecular Hbond substituents is 1. The number of hydrogen-bond donors (Lipinski definition) is 2. The molecule has 0 heterocycles. The summed E-state index contributed by atoms with van der Waals surface area (Å²) in [5, 5.41) is 38.8. The largest absolute Gasteiger partial charge is 2.00 e. The molecule has 238 valence electrons. The SMILES string of the molecule is O=C(O)CCN=Cc1ccccc1O.O=C([O-])CCN=Cc1ccccc1[O-].[Bi+2].[c]1ccccc1.[c]1ccccc1.[c]1ccccc1. The third kappa shape index (κ3) is 25.8. The fourth-order valence-corrected chi connectivity index (χ4v) is 2.85. The van der Waals surface area contributed by atoms with Crippen LogP contribution >= 0.6 is 0 Å². The van der Waals surface area contributed by atoms with Gasteiger partial charge in [-0.3, -0.25) is 14.8 Å². The number of carbonyl (C=O) groups excluding carboxylic acids is 1. The standard InChI is InChI=1S/2C10H11NO3.3C6H5.Bi/c2*12-9-4-2-1-3-8(9)7-11-6-5-10(13)14;3*1-2-4-6-5-3-1;/h2*1-4,7,12H,5-6H2,(H,13,14);3*1-5H;/q;;;;;+2/p-2. The van der Waals surface area contributed by atoms with E-state index in [-0.39, 0.29) is 63.6 Å². The number of benzene rings is 5. The minimum atomic E-state index is -1.14. The van der Waals surface area contributed by atoms with Crippen molar-refractivity contribution in [2.45, 2.75) is 12.8 Å². The molecule has 0 saturated heterocycles. The van der Waals surface area contributed by atoms with Gasteiger partial charge in [-0.15, -0.1) is 5.75 Å². The maximum Gasteiger partial charge on any atom is 2.00 e. The molecule has 47 heavy (non-hydrogen) atoms. The summed E-state index contributed by atoms with van der Waals surface area (Å²) >= 11 is 0. The number of para-hydroxylation sites is 2. The molecule has 0 atom stereocenters. The van der Waals surface area contributed by atoms with E-state index in [0.29, 0.717) is 11.1 Å². The van der Waals surface area contributed by atoms with Crippen molar-refractivity contribution in [3.05, 3.63) is 169 Å². The quantitative estimate of drug-likeness (QED) is 0.172. The van der Waals surface area contributed by atoms with E-state index in [4.69, 9.17) is 5.11 Å². The number of nitrogens with zero attached hydrogens (tertiary/aromatic N) is 2. The second-order valence-electron chi connectivity index (χ2n) is 8.67. The Morgan fingerprint density at radius 3 is 1.38 bits per heavy atom. The molecule has 0 amide bonds. The Hall–Kier alpha value is -5.14. The monoisotopic (exact) mass is 824 g/mol. The van der Waals surface area contributed by atoms with Gasteiger partial charge in [0.1, 0.15) is 5.75 Å². The van der Waals surface area contributed by atoms with Crippen LogP contribution in [0, 0.1) is 18.2 Å². The van der Waals surface area contributed by atoms with Crippen molar-refractivity contribution in [2.24, 2.45) is 9.98 Å². The average molecular weight is 825 g/mol. The second-order valence-corrected chi connectivity index (χ2v) is 8.67. The number of hydrogen-bond acceptors (Lipinski definition) is 7. The Balaban J connectivity index is 0.000000592. The van der Waals surface area contributed by atoms with Crippen LogP contribution in [0.25, 0.3) is 0 Å². The van der Waals surface area contributed by atoms with E-state index in [1.54, 1.807) is 42.5 Å². The summed E-state index contributed by atoms with van der Waals surface area (Å²) in [6.45, 7) is 0.361. The minimum absolute atomic E-state index is 0. The van der Waals surface area contributed by atoms with Crippen LogP contribution in [0.3, 0.4) is 0 Å². The van der Waals surface area contributed by atoms with Crippen molar-refractivity contribution >= 4 is 50.6 Å². The van der Waals surface area contributed by atoms with Crippen molar-refractivity contribution in [1.82, 2.24) is 0 Å². The number of aliphatic imine (C=N–C) groups is 2. The molecule has 5 aromatic rings. The fraction of sp³-hybridized carbons (Fsp3) is 0.105. The molecule has 0 spiro atoms. The summed E-state index contributed by atoms with van der Waals surface area (Å²) in [6, 6.07) is 50.7. The van der Waals surface area contributed by atoms with E-state index in [1.807, 2.05) is 91.0 Å². The van der Waals surface area contributed by atoms with Crippen LogP contribution in [0.4, 0.5) is 0 Å². The molecule has 2 N–H and O–H groups in total. The number of rotatable bonds is 8. The van der Waals surface area contributed by atoms with Crippen LogP contribution in [-0.2, 0) is 9.59 Å². The van der Waals surface area contributed by atoms with Crippen molar-refractivity contribution < 1.29 is 30.0 Å². The third-order valence-corrected chi connectivity index (χ3v) is 5.04. The molecule has 6 radical (unpaired) electrons. The molecule has 0 saturated carbocycles. The predicted octanol–water partition coefficient (Wildman–Crippen LogP) is 4.68. The summed E-state index contributed by atoms with van der Waals surface area (Å²) in [6.07, 6.45) is 2.73. The van der Waals surface area contributed by atoms with E-state index in [9.17, 15) is 24.9 Å². The Kier molecular flexibility index (Phi) is 26.3. The Morgan fingerprint density at radius 2 is 1.02 bits per heavy atom. The van der Waals surface area contributed by atoms with E-state index in [0.717, 1.165) is 0 Å². The van der Waals surface area contributed by atoms with Gasteiger partial charge >= 0.3 is 32.2 Å². The van der Waals surface area contributed by atoms with Crippen LogP contribution < -0.4 is 10.2 Å². The number of aromatic hydroxyl groups is 1. The summed E-state index contributed by atoms with van der Waals surface area (Å²) in [4.78, 5) is 27.9. The zero-order valence-corrected chi connectivity index (χ0v) is 29.1. The van der Waals surface area contributed by atoms with Crippen LogP contribution in [0.2, 0.25) is 0 Å². The first-order chi connectivity index (χ1) is 22.4. The first-order valence-corrected chi connectivity index (χ1v) is 14.1. The van der Waals surface area contributed by atoms with Gasteiger partial charge in [-0.25, -0.2) is 0 Å². The van der Waals surface area contributed by atoms with Gasteiger partial charge in [0, 0.05) is 43.5 Å². The van der Waals surface area contributed by atoms with Crippen molar-refractivity contribution in [1.29, 1.82) is 0 Å². The predicted molar refractivity (Wildman–Crippen MR) is 182 cm³/mol. The molecule has 0 bridgehead atoms. The van der Waals surface area contributed by atoms with Crippen LogP contribution in [0.15, 0.2) is 150 Å². The number of carboxylic acids is 2. The summed E-state index contributed by atoms with van der Waals surface area (Å²) in [5.41, 5.74) is 1.06. The molecule has 8 nitrogen and oxygen atoms in total. The molecule has 5 rings (SSSR count). The molecular weight excluding hydrogens is 789 g/mol. The Labute approximate surface area is 295 Å². The normalized spacial score (nSPS) is 9.36.